The highest BCUT2D eigenvalue weighted by Gasteiger charge is 2.49. The number of aromatic nitrogens is 2. The van der Waals surface area contributed by atoms with Crippen LogP contribution in [0.2, 0.25) is 0 Å². The average Bonchev–Trinajstić information content (AvgIpc) is 2.94. The molecule has 0 aliphatic heterocycles. The van der Waals surface area contributed by atoms with E-state index in [4.69, 9.17) is 0 Å². The molecule has 0 radical (unpaired) electrons. The van der Waals surface area contributed by atoms with E-state index in [2.05, 4.69) is 18.1 Å². The van der Waals surface area contributed by atoms with Gasteiger partial charge in [0.1, 0.15) is 0 Å². The van der Waals surface area contributed by atoms with Crippen LogP contribution in [-0.4, -0.2) is 20.5 Å². The van der Waals surface area contributed by atoms with Gasteiger partial charge in [-0.15, -0.1) is 0 Å². The van der Waals surface area contributed by atoms with Gasteiger partial charge in [-0.3, -0.25) is 4.68 Å². The second-order valence-electron chi connectivity index (χ2n) is 5.96. The van der Waals surface area contributed by atoms with Crippen molar-refractivity contribution in [3.05, 3.63) is 17.5 Å². The molecule has 3 unspecified atom stereocenters. The monoisotopic (exact) mass is 234 g/mol. The molecule has 0 amide bonds. The molecule has 2 aliphatic carbocycles. The van der Waals surface area contributed by atoms with Crippen molar-refractivity contribution < 1.29 is 5.11 Å². The van der Waals surface area contributed by atoms with Gasteiger partial charge in [0.25, 0.3) is 0 Å². The molecule has 2 bridgehead atoms. The Hall–Kier alpha value is -0.830. The third kappa shape index (κ3) is 1.81. The van der Waals surface area contributed by atoms with E-state index in [0.717, 1.165) is 30.9 Å². The lowest BCUT2D eigenvalue weighted by Gasteiger charge is -2.32. The third-order valence-corrected chi connectivity index (χ3v) is 4.82. The lowest BCUT2D eigenvalue weighted by Crippen LogP contribution is -2.38. The topological polar surface area (TPSA) is 38.0 Å². The summed E-state index contributed by atoms with van der Waals surface area (Å²) in [7, 11) is 1.99. The van der Waals surface area contributed by atoms with E-state index >= 15 is 0 Å². The number of nitrogens with zero attached hydrogens (tertiary/aromatic N) is 2. The molecule has 0 spiro atoms. The minimum atomic E-state index is -0.443. The summed E-state index contributed by atoms with van der Waals surface area (Å²) in [5.74, 6) is 1.32. The summed E-state index contributed by atoms with van der Waals surface area (Å²) in [6.07, 6.45) is 6.56. The van der Waals surface area contributed by atoms with Gasteiger partial charge in [-0.25, -0.2) is 0 Å². The van der Waals surface area contributed by atoms with Crippen molar-refractivity contribution in [3.63, 3.8) is 0 Å². The van der Waals surface area contributed by atoms with Crippen LogP contribution in [0.1, 0.15) is 44.0 Å². The van der Waals surface area contributed by atoms with Crippen LogP contribution in [0.15, 0.2) is 6.07 Å². The highest BCUT2D eigenvalue weighted by atomic mass is 16.3. The molecule has 3 heteroatoms. The van der Waals surface area contributed by atoms with Crippen molar-refractivity contribution in [3.8, 4) is 0 Å². The summed E-state index contributed by atoms with van der Waals surface area (Å²) < 4.78 is 1.95. The number of aryl methyl sites for hydroxylation is 2. The summed E-state index contributed by atoms with van der Waals surface area (Å²) in [5.41, 5.74) is 1.88. The Balaban J connectivity index is 1.80. The Morgan fingerprint density at radius 3 is 2.88 bits per heavy atom. The first kappa shape index (κ1) is 11.3. The fourth-order valence-electron chi connectivity index (χ4n) is 3.85. The third-order valence-electron chi connectivity index (χ3n) is 4.82. The fourth-order valence-corrected chi connectivity index (χ4v) is 3.85. The largest absolute Gasteiger partial charge is 0.389 e. The molecule has 1 aromatic rings. The zero-order valence-corrected chi connectivity index (χ0v) is 10.8. The fraction of sp³-hybridized carbons (Fsp3) is 0.786. The maximum atomic E-state index is 10.8. The minimum Gasteiger partial charge on any atom is -0.389 e. The van der Waals surface area contributed by atoms with Gasteiger partial charge >= 0.3 is 0 Å². The van der Waals surface area contributed by atoms with Crippen molar-refractivity contribution in [1.29, 1.82) is 0 Å². The minimum absolute atomic E-state index is 0.443. The smallest absolute Gasteiger partial charge is 0.0733 e. The maximum absolute atomic E-state index is 10.8. The molecule has 1 N–H and O–H groups in total. The number of hydrogen-bond acceptors (Lipinski definition) is 2. The molecular formula is C14H22N2O. The molecule has 2 aliphatic rings. The van der Waals surface area contributed by atoms with Crippen molar-refractivity contribution in [2.45, 2.75) is 51.0 Å². The first-order chi connectivity index (χ1) is 8.10. The van der Waals surface area contributed by atoms with E-state index in [1.807, 2.05) is 11.7 Å². The van der Waals surface area contributed by atoms with Crippen LogP contribution in [0.3, 0.4) is 0 Å². The first-order valence-corrected chi connectivity index (χ1v) is 6.85. The van der Waals surface area contributed by atoms with Crippen LogP contribution in [0.5, 0.6) is 0 Å². The maximum Gasteiger partial charge on any atom is 0.0733 e. The predicted octanol–water partition coefficient (Wildman–Crippen LogP) is 2.08. The normalized spacial score (nSPS) is 35.7. The number of fused-ring (bicyclic) bond motifs is 2. The molecule has 0 saturated heterocycles. The van der Waals surface area contributed by atoms with Gasteiger partial charge in [0.15, 0.2) is 0 Å². The highest BCUT2D eigenvalue weighted by molar-refractivity contribution is 5.15. The first-order valence-electron chi connectivity index (χ1n) is 6.85. The highest BCUT2D eigenvalue weighted by Crippen LogP contribution is 2.51. The molecule has 2 saturated carbocycles. The van der Waals surface area contributed by atoms with Crippen molar-refractivity contribution in [1.82, 2.24) is 9.78 Å². The van der Waals surface area contributed by atoms with E-state index in [9.17, 15) is 5.11 Å². The summed E-state index contributed by atoms with van der Waals surface area (Å²) in [6, 6.07) is 2.16. The van der Waals surface area contributed by atoms with Crippen LogP contribution in [-0.2, 0) is 19.9 Å². The van der Waals surface area contributed by atoms with Gasteiger partial charge in [-0.1, -0.05) is 6.92 Å². The van der Waals surface area contributed by atoms with Crippen molar-refractivity contribution in [2.24, 2.45) is 18.9 Å². The summed E-state index contributed by atoms with van der Waals surface area (Å²) in [6.45, 7) is 2.12. The average molecular weight is 234 g/mol. The Morgan fingerprint density at radius 2 is 2.35 bits per heavy atom. The van der Waals surface area contributed by atoms with Crippen LogP contribution in [0.25, 0.3) is 0 Å². The second kappa shape index (κ2) is 3.84. The molecule has 3 atom stereocenters. The van der Waals surface area contributed by atoms with Gasteiger partial charge in [0.2, 0.25) is 0 Å². The zero-order valence-electron chi connectivity index (χ0n) is 10.8. The van der Waals surface area contributed by atoms with Gasteiger partial charge in [-0.2, -0.15) is 5.10 Å². The molecule has 1 aromatic heterocycles. The Labute approximate surface area is 103 Å². The summed E-state index contributed by atoms with van der Waals surface area (Å²) in [4.78, 5) is 0. The van der Waals surface area contributed by atoms with Crippen LogP contribution in [0, 0.1) is 11.8 Å². The standard InChI is InChI=1S/C14H22N2O/c1-3-12-7-13(16(2)15-12)9-14(17)8-10-4-5-11(14)6-10/h7,10-11,17H,3-6,8-9H2,1-2H3. The van der Waals surface area contributed by atoms with Gasteiger partial charge in [0.05, 0.1) is 11.3 Å². The Bertz CT molecular complexity index is 426. The molecular weight excluding hydrogens is 212 g/mol. The summed E-state index contributed by atoms with van der Waals surface area (Å²) in [5, 5.41) is 15.3. The van der Waals surface area contributed by atoms with E-state index in [0.29, 0.717) is 5.92 Å². The van der Waals surface area contributed by atoms with Crippen molar-refractivity contribution >= 4 is 0 Å². The van der Waals surface area contributed by atoms with E-state index in [1.54, 1.807) is 0 Å². The molecule has 3 nitrogen and oxygen atoms in total. The van der Waals surface area contributed by atoms with E-state index in [-0.39, 0.29) is 0 Å². The predicted molar refractivity (Wildman–Crippen MR) is 66.7 cm³/mol. The molecule has 2 fully saturated rings. The van der Waals surface area contributed by atoms with Gasteiger partial charge in [0, 0.05) is 19.2 Å². The van der Waals surface area contributed by atoms with Crippen LogP contribution < -0.4 is 0 Å². The van der Waals surface area contributed by atoms with Crippen LogP contribution in [0.4, 0.5) is 0 Å². The quantitative estimate of drug-likeness (QED) is 0.869. The Kier molecular flexibility index (Phi) is 2.54. The van der Waals surface area contributed by atoms with Gasteiger partial charge < -0.3 is 5.11 Å². The van der Waals surface area contributed by atoms with E-state index < -0.39 is 5.60 Å². The SMILES string of the molecule is CCc1cc(CC2(O)CC3CCC2C3)n(C)n1. The second-order valence-corrected chi connectivity index (χ2v) is 5.96. The number of rotatable bonds is 3. The molecule has 3 rings (SSSR count). The number of hydrogen-bond donors (Lipinski definition) is 1. The van der Waals surface area contributed by atoms with Crippen molar-refractivity contribution in [2.75, 3.05) is 0 Å². The van der Waals surface area contributed by atoms with E-state index in [1.165, 1.54) is 25.0 Å². The zero-order chi connectivity index (χ0) is 12.0. The lowest BCUT2D eigenvalue weighted by atomic mass is 9.81. The molecule has 1 heterocycles. The van der Waals surface area contributed by atoms with Crippen LogP contribution >= 0.6 is 0 Å². The Morgan fingerprint density at radius 1 is 1.53 bits per heavy atom. The molecule has 0 aromatic carbocycles. The lowest BCUT2D eigenvalue weighted by molar-refractivity contribution is -0.0139. The molecule has 94 valence electrons. The summed E-state index contributed by atoms with van der Waals surface area (Å²) >= 11 is 0. The van der Waals surface area contributed by atoms with Gasteiger partial charge in [-0.05, 0) is 50.0 Å². The molecule has 17 heavy (non-hydrogen) atoms. The number of aliphatic hydroxyl groups is 1.